The Morgan fingerprint density at radius 1 is 1.50 bits per heavy atom. The van der Waals surface area contributed by atoms with Crippen LogP contribution in [0.5, 0.6) is 0 Å². The minimum atomic E-state index is -0.695. The Bertz CT molecular complexity index is 370. The summed E-state index contributed by atoms with van der Waals surface area (Å²) in [6.45, 7) is 2.39. The number of rotatable bonds is 1. The molecule has 5 unspecified atom stereocenters. The number of carbonyl (C=O) groups is 1. The topological polar surface area (TPSA) is 65.0 Å². The molecule has 5 nitrogen and oxygen atoms in total. The van der Waals surface area contributed by atoms with E-state index in [-0.39, 0.29) is 18.0 Å². The molecule has 2 aliphatic heterocycles. The molecular formula is C13H20O5. The normalized spacial score (nSPS) is 50.7. The largest absolute Gasteiger partial charge is 0.469 e. The van der Waals surface area contributed by atoms with E-state index in [0.717, 1.165) is 19.3 Å². The van der Waals surface area contributed by atoms with Gasteiger partial charge in [-0.2, -0.15) is 0 Å². The van der Waals surface area contributed by atoms with Crippen LogP contribution in [0.25, 0.3) is 0 Å². The van der Waals surface area contributed by atoms with Crippen molar-refractivity contribution >= 4 is 5.97 Å². The summed E-state index contributed by atoms with van der Waals surface area (Å²) in [5, 5.41) is 10.3. The second kappa shape index (κ2) is 3.92. The molecule has 0 radical (unpaired) electrons. The van der Waals surface area contributed by atoms with Crippen molar-refractivity contribution in [2.24, 2.45) is 11.3 Å². The van der Waals surface area contributed by atoms with Crippen LogP contribution >= 0.6 is 0 Å². The number of methoxy groups -OCH3 is 1. The van der Waals surface area contributed by atoms with Gasteiger partial charge in [0.05, 0.1) is 31.8 Å². The average molecular weight is 256 g/mol. The van der Waals surface area contributed by atoms with Crippen LogP contribution < -0.4 is 0 Å². The minimum Gasteiger partial charge on any atom is -0.469 e. The molecule has 102 valence electrons. The quantitative estimate of drug-likeness (QED) is 0.704. The highest BCUT2D eigenvalue weighted by molar-refractivity contribution is 5.73. The standard InChI is InChI=1S/C13H20O5/c1-12-6-8(11(15)16-2)9-7-17-13(12,18-9)5-3-4-10(12)14/h8-10,14H,3-7H2,1-2H3. The second-order valence-corrected chi connectivity index (χ2v) is 5.88. The third-order valence-corrected chi connectivity index (χ3v) is 5.01. The molecule has 5 heteroatoms. The van der Waals surface area contributed by atoms with Crippen LogP contribution in [0.15, 0.2) is 0 Å². The van der Waals surface area contributed by atoms with E-state index in [1.807, 2.05) is 6.92 Å². The zero-order chi connectivity index (χ0) is 13.0. The Hall–Kier alpha value is -0.650. The van der Waals surface area contributed by atoms with E-state index < -0.39 is 17.3 Å². The molecule has 0 amide bonds. The zero-order valence-electron chi connectivity index (χ0n) is 10.8. The fraction of sp³-hybridized carbons (Fsp3) is 0.923. The average Bonchev–Trinajstić information content (AvgIpc) is 2.73. The third kappa shape index (κ3) is 1.41. The number of esters is 1. The first-order chi connectivity index (χ1) is 8.52. The Morgan fingerprint density at radius 2 is 2.28 bits per heavy atom. The highest BCUT2D eigenvalue weighted by Gasteiger charge is 2.66. The minimum absolute atomic E-state index is 0.226. The fourth-order valence-electron chi connectivity index (χ4n) is 3.81. The third-order valence-electron chi connectivity index (χ3n) is 5.01. The Morgan fingerprint density at radius 3 is 3.00 bits per heavy atom. The van der Waals surface area contributed by atoms with E-state index in [2.05, 4.69) is 0 Å². The number of ether oxygens (including phenoxy) is 3. The van der Waals surface area contributed by atoms with E-state index in [0.29, 0.717) is 13.0 Å². The summed E-state index contributed by atoms with van der Waals surface area (Å²) in [6, 6.07) is 0. The smallest absolute Gasteiger partial charge is 0.311 e. The number of aliphatic hydroxyl groups is 1. The first-order valence-corrected chi connectivity index (χ1v) is 6.60. The summed E-state index contributed by atoms with van der Waals surface area (Å²) in [4.78, 5) is 11.8. The number of hydrogen-bond donors (Lipinski definition) is 1. The second-order valence-electron chi connectivity index (χ2n) is 5.88. The van der Waals surface area contributed by atoms with Crippen LogP contribution in [-0.4, -0.2) is 42.8 Å². The van der Waals surface area contributed by atoms with Gasteiger partial charge in [0.2, 0.25) is 0 Å². The lowest BCUT2D eigenvalue weighted by atomic mass is 9.62. The van der Waals surface area contributed by atoms with Crippen molar-refractivity contribution in [3.63, 3.8) is 0 Å². The number of carbonyl (C=O) groups excluding carboxylic acids is 1. The number of fused-ring (bicyclic) bond motifs is 1. The highest BCUT2D eigenvalue weighted by atomic mass is 16.8. The summed E-state index contributed by atoms with van der Waals surface area (Å²) in [7, 11) is 1.39. The molecule has 2 bridgehead atoms. The molecule has 1 spiro atoms. The van der Waals surface area contributed by atoms with Gasteiger partial charge in [-0.15, -0.1) is 0 Å². The molecule has 3 aliphatic rings. The zero-order valence-corrected chi connectivity index (χ0v) is 10.8. The molecule has 1 saturated carbocycles. The van der Waals surface area contributed by atoms with Gasteiger partial charge in [-0.25, -0.2) is 0 Å². The molecule has 2 heterocycles. The van der Waals surface area contributed by atoms with Crippen LogP contribution in [-0.2, 0) is 19.0 Å². The molecule has 3 fully saturated rings. The maximum Gasteiger partial charge on any atom is 0.311 e. The number of aliphatic hydroxyl groups excluding tert-OH is 1. The Kier molecular flexibility index (Phi) is 2.70. The molecule has 1 N–H and O–H groups in total. The van der Waals surface area contributed by atoms with Crippen LogP contribution in [0.4, 0.5) is 0 Å². The molecule has 0 aromatic heterocycles. The molecular weight excluding hydrogens is 236 g/mol. The molecule has 5 atom stereocenters. The van der Waals surface area contributed by atoms with Crippen LogP contribution in [0.2, 0.25) is 0 Å². The lowest BCUT2D eigenvalue weighted by Gasteiger charge is -2.54. The van der Waals surface area contributed by atoms with Gasteiger partial charge < -0.3 is 19.3 Å². The Balaban J connectivity index is 1.95. The van der Waals surface area contributed by atoms with Gasteiger partial charge in [-0.05, 0) is 19.3 Å². The van der Waals surface area contributed by atoms with Gasteiger partial charge in [0, 0.05) is 11.8 Å². The maximum atomic E-state index is 11.8. The summed E-state index contributed by atoms with van der Waals surface area (Å²) >= 11 is 0. The monoisotopic (exact) mass is 256 g/mol. The van der Waals surface area contributed by atoms with Crippen molar-refractivity contribution in [1.29, 1.82) is 0 Å². The predicted octanol–water partition coefficient (Wildman–Crippen LogP) is 0.842. The Labute approximate surface area is 106 Å². The van der Waals surface area contributed by atoms with Gasteiger partial charge in [-0.3, -0.25) is 4.79 Å². The van der Waals surface area contributed by atoms with E-state index >= 15 is 0 Å². The van der Waals surface area contributed by atoms with Crippen molar-refractivity contribution in [1.82, 2.24) is 0 Å². The molecule has 1 aliphatic carbocycles. The van der Waals surface area contributed by atoms with E-state index in [4.69, 9.17) is 14.2 Å². The maximum absolute atomic E-state index is 11.8. The van der Waals surface area contributed by atoms with E-state index in [1.165, 1.54) is 7.11 Å². The summed E-state index contributed by atoms with van der Waals surface area (Å²) in [5.41, 5.74) is -0.517. The van der Waals surface area contributed by atoms with Crippen LogP contribution in [0.1, 0.15) is 32.6 Å². The summed E-state index contributed by atoms with van der Waals surface area (Å²) in [6.07, 6.45) is 2.29. The van der Waals surface area contributed by atoms with E-state index in [1.54, 1.807) is 0 Å². The lowest BCUT2D eigenvalue weighted by Crippen LogP contribution is -2.61. The predicted molar refractivity (Wildman–Crippen MR) is 61.6 cm³/mol. The van der Waals surface area contributed by atoms with Crippen molar-refractivity contribution in [3.8, 4) is 0 Å². The highest BCUT2D eigenvalue weighted by Crippen LogP contribution is 2.58. The molecule has 18 heavy (non-hydrogen) atoms. The van der Waals surface area contributed by atoms with E-state index in [9.17, 15) is 9.90 Å². The van der Waals surface area contributed by atoms with Crippen molar-refractivity contribution in [2.45, 2.75) is 50.6 Å². The SMILES string of the molecule is COC(=O)C1CC2(C)C(O)CCCC23OCC1O3. The van der Waals surface area contributed by atoms with Gasteiger partial charge >= 0.3 is 5.97 Å². The first-order valence-electron chi connectivity index (χ1n) is 6.60. The summed E-state index contributed by atoms with van der Waals surface area (Å²) in [5.74, 6) is -1.29. The molecule has 0 aromatic rings. The van der Waals surface area contributed by atoms with Gasteiger partial charge in [0.1, 0.15) is 0 Å². The van der Waals surface area contributed by atoms with Crippen molar-refractivity contribution in [3.05, 3.63) is 0 Å². The lowest BCUT2D eigenvalue weighted by molar-refractivity contribution is -0.310. The summed E-state index contributed by atoms with van der Waals surface area (Å²) < 4.78 is 16.7. The van der Waals surface area contributed by atoms with Crippen LogP contribution in [0.3, 0.4) is 0 Å². The van der Waals surface area contributed by atoms with Crippen LogP contribution in [0, 0.1) is 11.3 Å². The fourth-order valence-corrected chi connectivity index (χ4v) is 3.81. The molecule has 0 aromatic carbocycles. The van der Waals surface area contributed by atoms with Gasteiger partial charge in [0.15, 0.2) is 5.79 Å². The van der Waals surface area contributed by atoms with Crippen molar-refractivity contribution < 1.29 is 24.1 Å². The molecule has 3 rings (SSSR count). The molecule has 2 saturated heterocycles. The first kappa shape index (κ1) is 12.4. The number of hydrogen-bond acceptors (Lipinski definition) is 5. The van der Waals surface area contributed by atoms with Crippen molar-refractivity contribution in [2.75, 3.05) is 13.7 Å². The van der Waals surface area contributed by atoms with Gasteiger partial charge in [0.25, 0.3) is 0 Å². The van der Waals surface area contributed by atoms with Gasteiger partial charge in [-0.1, -0.05) is 6.92 Å².